The molecule has 1 unspecified atom stereocenters. The van der Waals surface area contributed by atoms with Gasteiger partial charge in [0, 0.05) is 18.6 Å². The summed E-state index contributed by atoms with van der Waals surface area (Å²) in [6, 6.07) is 1.52. The predicted octanol–water partition coefficient (Wildman–Crippen LogP) is 1.86. The summed E-state index contributed by atoms with van der Waals surface area (Å²) in [5.74, 6) is 0. The van der Waals surface area contributed by atoms with E-state index in [0.717, 1.165) is 12.6 Å². The average molecular weight is 184 g/mol. The summed E-state index contributed by atoms with van der Waals surface area (Å²) >= 11 is 0. The van der Waals surface area contributed by atoms with E-state index in [9.17, 15) is 0 Å². The van der Waals surface area contributed by atoms with Crippen molar-refractivity contribution in [1.29, 1.82) is 0 Å². The number of hydrogen-bond donors (Lipinski definition) is 1. The summed E-state index contributed by atoms with van der Waals surface area (Å²) in [7, 11) is 2.26. The van der Waals surface area contributed by atoms with Gasteiger partial charge < -0.3 is 10.2 Å². The smallest absolute Gasteiger partial charge is 0.0166 e. The summed E-state index contributed by atoms with van der Waals surface area (Å²) < 4.78 is 0. The second-order valence-electron chi connectivity index (χ2n) is 4.38. The van der Waals surface area contributed by atoms with Gasteiger partial charge >= 0.3 is 0 Å². The molecule has 0 aromatic carbocycles. The van der Waals surface area contributed by atoms with Crippen molar-refractivity contribution in [3.05, 3.63) is 0 Å². The maximum Gasteiger partial charge on any atom is 0.0166 e. The van der Waals surface area contributed by atoms with Crippen molar-refractivity contribution in [1.82, 2.24) is 10.2 Å². The Morgan fingerprint density at radius 1 is 1.46 bits per heavy atom. The van der Waals surface area contributed by atoms with E-state index in [4.69, 9.17) is 0 Å². The van der Waals surface area contributed by atoms with Crippen LogP contribution in [0.2, 0.25) is 0 Å². The lowest BCUT2D eigenvalue weighted by atomic mass is 9.92. The van der Waals surface area contributed by atoms with Gasteiger partial charge in [-0.05, 0) is 39.8 Å². The zero-order valence-corrected chi connectivity index (χ0v) is 9.34. The number of nitrogens with zero attached hydrogens (tertiary/aromatic N) is 1. The molecule has 0 radical (unpaired) electrons. The van der Waals surface area contributed by atoms with Crippen molar-refractivity contribution in [2.75, 3.05) is 20.1 Å². The molecule has 0 aliphatic heterocycles. The topological polar surface area (TPSA) is 15.3 Å². The normalized spacial score (nSPS) is 20.3. The lowest BCUT2D eigenvalue weighted by Crippen LogP contribution is -2.44. The fourth-order valence-corrected chi connectivity index (χ4v) is 1.86. The molecule has 1 aliphatic rings. The molecule has 1 N–H and O–H groups in total. The molecule has 1 atom stereocenters. The SMILES string of the molecule is CCCNC(C)CN(C)C1CCC1. The maximum atomic E-state index is 3.52. The first-order valence-corrected chi connectivity index (χ1v) is 5.67. The Morgan fingerprint density at radius 2 is 2.15 bits per heavy atom. The third-order valence-electron chi connectivity index (χ3n) is 3.00. The molecule has 0 amide bonds. The van der Waals surface area contributed by atoms with Crippen LogP contribution < -0.4 is 5.32 Å². The molecule has 0 aromatic heterocycles. The van der Waals surface area contributed by atoms with Crippen LogP contribution in [0, 0.1) is 0 Å². The summed E-state index contributed by atoms with van der Waals surface area (Å²) in [5, 5.41) is 3.52. The molecule has 13 heavy (non-hydrogen) atoms. The summed E-state index contributed by atoms with van der Waals surface area (Å²) in [6.45, 7) is 6.85. The van der Waals surface area contributed by atoms with Crippen LogP contribution in [0.15, 0.2) is 0 Å². The monoisotopic (exact) mass is 184 g/mol. The van der Waals surface area contributed by atoms with Gasteiger partial charge in [0.05, 0.1) is 0 Å². The molecule has 0 saturated heterocycles. The van der Waals surface area contributed by atoms with E-state index in [1.165, 1.54) is 32.2 Å². The van der Waals surface area contributed by atoms with Crippen molar-refractivity contribution < 1.29 is 0 Å². The highest BCUT2D eigenvalue weighted by Crippen LogP contribution is 2.23. The number of nitrogens with one attached hydrogen (secondary N) is 1. The van der Waals surface area contributed by atoms with Gasteiger partial charge in [-0.2, -0.15) is 0 Å². The van der Waals surface area contributed by atoms with Crippen molar-refractivity contribution in [2.45, 2.75) is 51.6 Å². The Kier molecular flexibility index (Phi) is 4.74. The average Bonchev–Trinajstić information content (AvgIpc) is 1.97. The zero-order valence-electron chi connectivity index (χ0n) is 9.34. The lowest BCUT2D eigenvalue weighted by Gasteiger charge is -2.36. The lowest BCUT2D eigenvalue weighted by molar-refractivity contribution is 0.148. The fourth-order valence-electron chi connectivity index (χ4n) is 1.86. The van der Waals surface area contributed by atoms with Crippen LogP contribution in [-0.2, 0) is 0 Å². The molecule has 1 fully saturated rings. The highest BCUT2D eigenvalue weighted by molar-refractivity contribution is 4.79. The maximum absolute atomic E-state index is 3.52. The highest BCUT2D eigenvalue weighted by Gasteiger charge is 2.22. The number of hydrogen-bond acceptors (Lipinski definition) is 2. The molecular formula is C11H24N2. The van der Waals surface area contributed by atoms with Gasteiger partial charge in [-0.15, -0.1) is 0 Å². The van der Waals surface area contributed by atoms with Gasteiger partial charge in [-0.25, -0.2) is 0 Å². The Balaban J connectivity index is 2.07. The third-order valence-corrected chi connectivity index (χ3v) is 3.00. The Hall–Kier alpha value is -0.0800. The van der Waals surface area contributed by atoms with Crippen LogP contribution in [0.4, 0.5) is 0 Å². The quantitative estimate of drug-likeness (QED) is 0.678. The minimum Gasteiger partial charge on any atom is -0.313 e. The number of rotatable bonds is 6. The van der Waals surface area contributed by atoms with Gasteiger partial charge in [0.25, 0.3) is 0 Å². The van der Waals surface area contributed by atoms with Gasteiger partial charge in [-0.1, -0.05) is 13.3 Å². The molecule has 0 heterocycles. The van der Waals surface area contributed by atoms with Crippen LogP contribution in [-0.4, -0.2) is 37.1 Å². The van der Waals surface area contributed by atoms with Crippen molar-refractivity contribution >= 4 is 0 Å². The minimum absolute atomic E-state index is 0.644. The van der Waals surface area contributed by atoms with E-state index in [1.807, 2.05) is 0 Å². The first kappa shape index (κ1) is 11.0. The zero-order chi connectivity index (χ0) is 9.68. The molecular weight excluding hydrogens is 160 g/mol. The van der Waals surface area contributed by atoms with Gasteiger partial charge in [-0.3, -0.25) is 0 Å². The molecule has 0 bridgehead atoms. The molecule has 2 heteroatoms. The highest BCUT2D eigenvalue weighted by atomic mass is 15.2. The van der Waals surface area contributed by atoms with Crippen LogP contribution in [0.5, 0.6) is 0 Å². The van der Waals surface area contributed by atoms with Crippen LogP contribution in [0.25, 0.3) is 0 Å². The van der Waals surface area contributed by atoms with E-state index in [1.54, 1.807) is 0 Å². The Labute approximate surface area is 82.7 Å². The van der Waals surface area contributed by atoms with Gasteiger partial charge in [0.15, 0.2) is 0 Å². The van der Waals surface area contributed by atoms with Gasteiger partial charge in [0.2, 0.25) is 0 Å². The van der Waals surface area contributed by atoms with Gasteiger partial charge in [0.1, 0.15) is 0 Å². The summed E-state index contributed by atoms with van der Waals surface area (Å²) in [6.07, 6.45) is 5.50. The summed E-state index contributed by atoms with van der Waals surface area (Å²) in [5.41, 5.74) is 0. The molecule has 0 aromatic rings. The molecule has 1 aliphatic carbocycles. The predicted molar refractivity (Wildman–Crippen MR) is 58.0 cm³/mol. The molecule has 78 valence electrons. The van der Waals surface area contributed by atoms with E-state index < -0.39 is 0 Å². The van der Waals surface area contributed by atoms with Crippen molar-refractivity contribution in [2.24, 2.45) is 0 Å². The van der Waals surface area contributed by atoms with E-state index >= 15 is 0 Å². The van der Waals surface area contributed by atoms with E-state index in [0.29, 0.717) is 6.04 Å². The first-order valence-electron chi connectivity index (χ1n) is 5.67. The molecule has 2 nitrogen and oxygen atoms in total. The van der Waals surface area contributed by atoms with Crippen molar-refractivity contribution in [3.63, 3.8) is 0 Å². The number of likely N-dealkylation sites (N-methyl/N-ethyl adjacent to an activating group) is 1. The summed E-state index contributed by atoms with van der Waals surface area (Å²) in [4.78, 5) is 2.51. The Morgan fingerprint density at radius 3 is 2.62 bits per heavy atom. The second kappa shape index (κ2) is 5.61. The third kappa shape index (κ3) is 3.65. The molecule has 0 spiro atoms. The second-order valence-corrected chi connectivity index (χ2v) is 4.38. The first-order chi connectivity index (χ1) is 6.24. The van der Waals surface area contributed by atoms with Crippen LogP contribution in [0.1, 0.15) is 39.5 Å². The van der Waals surface area contributed by atoms with Crippen molar-refractivity contribution in [3.8, 4) is 0 Å². The minimum atomic E-state index is 0.644. The molecule has 1 saturated carbocycles. The Bertz CT molecular complexity index is 132. The molecule has 1 rings (SSSR count). The standard InChI is InChI=1S/C11H24N2/c1-4-8-12-10(2)9-13(3)11-6-5-7-11/h10-12H,4-9H2,1-3H3. The largest absolute Gasteiger partial charge is 0.313 e. The van der Waals surface area contributed by atoms with Crippen LogP contribution in [0.3, 0.4) is 0 Å². The van der Waals surface area contributed by atoms with Crippen LogP contribution >= 0.6 is 0 Å². The fraction of sp³-hybridized carbons (Fsp3) is 1.00. The van der Waals surface area contributed by atoms with E-state index in [2.05, 4.69) is 31.1 Å². The van der Waals surface area contributed by atoms with E-state index in [-0.39, 0.29) is 0 Å².